The zero-order valence-corrected chi connectivity index (χ0v) is 11.7. The van der Waals surface area contributed by atoms with E-state index in [1.54, 1.807) is 12.1 Å². The van der Waals surface area contributed by atoms with E-state index in [0.29, 0.717) is 11.3 Å². The number of rotatable bonds is 2. The summed E-state index contributed by atoms with van der Waals surface area (Å²) >= 11 is 0. The van der Waals surface area contributed by atoms with E-state index in [-0.39, 0.29) is 22.6 Å². The fourth-order valence-electron chi connectivity index (χ4n) is 2.28. The lowest BCUT2D eigenvalue weighted by Gasteiger charge is -2.21. The molecular formula is C16H11FN2O4. The quantitative estimate of drug-likeness (QED) is 0.655. The van der Waals surface area contributed by atoms with Crippen LogP contribution in [0.4, 0.5) is 10.1 Å². The largest absolute Gasteiger partial charge is 0.322 e. The van der Waals surface area contributed by atoms with Crippen LogP contribution in [0.25, 0.3) is 0 Å². The number of carbonyl (C=O) groups is 3. The van der Waals surface area contributed by atoms with Gasteiger partial charge >= 0.3 is 0 Å². The van der Waals surface area contributed by atoms with Crippen LogP contribution in [-0.4, -0.2) is 28.0 Å². The van der Waals surface area contributed by atoms with Gasteiger partial charge in [0.25, 0.3) is 17.7 Å². The molecule has 1 aliphatic rings. The number of hydrogen-bond acceptors (Lipinski definition) is 4. The number of halogens is 1. The zero-order valence-electron chi connectivity index (χ0n) is 11.7. The second kappa shape index (κ2) is 5.62. The first-order chi connectivity index (χ1) is 11.0. The monoisotopic (exact) mass is 314 g/mol. The van der Waals surface area contributed by atoms with Gasteiger partial charge in [-0.2, -0.15) is 5.06 Å². The molecule has 0 fully saturated rings. The summed E-state index contributed by atoms with van der Waals surface area (Å²) in [5.41, 5.74) is 1.21. The highest BCUT2D eigenvalue weighted by Crippen LogP contribution is 2.23. The summed E-state index contributed by atoms with van der Waals surface area (Å²) in [5, 5.41) is 12.0. The Labute approximate surface area is 130 Å². The molecule has 6 nitrogen and oxygen atoms in total. The normalized spacial score (nSPS) is 13.7. The average Bonchev–Trinajstić information content (AvgIpc) is 2.54. The van der Waals surface area contributed by atoms with Crippen molar-refractivity contribution in [3.63, 3.8) is 0 Å². The number of nitrogens with one attached hydrogen (secondary N) is 1. The van der Waals surface area contributed by atoms with Crippen LogP contribution in [0, 0.1) is 5.82 Å². The van der Waals surface area contributed by atoms with Gasteiger partial charge in [-0.15, -0.1) is 0 Å². The van der Waals surface area contributed by atoms with E-state index >= 15 is 0 Å². The fraction of sp³-hybridized carbons (Fsp3) is 0.0625. The first-order valence-electron chi connectivity index (χ1n) is 6.72. The van der Waals surface area contributed by atoms with Gasteiger partial charge in [-0.1, -0.05) is 6.07 Å². The molecule has 0 unspecified atom stereocenters. The van der Waals surface area contributed by atoms with Crippen LogP contribution in [0.1, 0.15) is 26.3 Å². The lowest BCUT2D eigenvalue weighted by atomic mass is 9.99. The SMILES string of the molecule is O=C(Nc1ccc2c(c1)C(=O)N(O)C(=O)C2)c1ccc(F)cc1. The Morgan fingerprint density at radius 1 is 1.13 bits per heavy atom. The summed E-state index contributed by atoms with van der Waals surface area (Å²) < 4.78 is 12.9. The summed E-state index contributed by atoms with van der Waals surface area (Å²) in [7, 11) is 0. The Morgan fingerprint density at radius 3 is 2.52 bits per heavy atom. The lowest BCUT2D eigenvalue weighted by molar-refractivity contribution is -0.153. The molecule has 0 aromatic heterocycles. The maximum Gasteiger partial charge on any atom is 0.284 e. The Morgan fingerprint density at radius 2 is 1.83 bits per heavy atom. The van der Waals surface area contributed by atoms with Crippen molar-refractivity contribution >= 4 is 23.4 Å². The molecule has 2 aromatic rings. The molecule has 0 spiro atoms. The van der Waals surface area contributed by atoms with Gasteiger partial charge in [-0.3, -0.25) is 19.6 Å². The Kier molecular flexibility index (Phi) is 3.63. The molecule has 0 atom stereocenters. The number of carbonyl (C=O) groups excluding carboxylic acids is 3. The minimum atomic E-state index is -0.839. The van der Waals surface area contributed by atoms with E-state index in [1.807, 2.05) is 0 Å². The number of benzene rings is 2. The van der Waals surface area contributed by atoms with Gasteiger partial charge in [0.1, 0.15) is 5.82 Å². The Bertz CT molecular complexity index is 817. The van der Waals surface area contributed by atoms with Crippen LogP contribution in [-0.2, 0) is 11.2 Å². The van der Waals surface area contributed by atoms with E-state index < -0.39 is 23.5 Å². The van der Waals surface area contributed by atoms with E-state index in [9.17, 15) is 24.0 Å². The van der Waals surface area contributed by atoms with Crippen molar-refractivity contribution in [1.29, 1.82) is 0 Å². The fourth-order valence-corrected chi connectivity index (χ4v) is 2.28. The molecule has 3 rings (SSSR count). The van der Waals surface area contributed by atoms with Crippen molar-refractivity contribution in [3.8, 4) is 0 Å². The van der Waals surface area contributed by atoms with E-state index in [2.05, 4.69) is 5.32 Å². The van der Waals surface area contributed by atoms with E-state index in [1.165, 1.54) is 30.3 Å². The highest BCUT2D eigenvalue weighted by atomic mass is 19.1. The van der Waals surface area contributed by atoms with Gasteiger partial charge in [0.2, 0.25) is 0 Å². The minimum Gasteiger partial charge on any atom is -0.322 e. The number of imide groups is 1. The molecule has 7 heteroatoms. The van der Waals surface area contributed by atoms with Gasteiger partial charge in [0, 0.05) is 16.8 Å². The second-order valence-electron chi connectivity index (χ2n) is 5.02. The third kappa shape index (κ3) is 2.82. The summed E-state index contributed by atoms with van der Waals surface area (Å²) in [5.74, 6) is -2.46. The van der Waals surface area contributed by atoms with Crippen LogP contribution in [0.3, 0.4) is 0 Å². The molecule has 2 N–H and O–H groups in total. The second-order valence-corrected chi connectivity index (χ2v) is 5.02. The molecule has 2 aromatic carbocycles. The van der Waals surface area contributed by atoms with Crippen molar-refractivity contribution in [2.75, 3.05) is 5.32 Å². The molecule has 1 heterocycles. The van der Waals surface area contributed by atoms with E-state index in [4.69, 9.17) is 0 Å². The summed E-state index contributed by atoms with van der Waals surface area (Å²) in [4.78, 5) is 35.3. The summed E-state index contributed by atoms with van der Waals surface area (Å²) in [6, 6.07) is 9.48. The summed E-state index contributed by atoms with van der Waals surface area (Å²) in [6.07, 6.45) is -0.0935. The number of fused-ring (bicyclic) bond motifs is 1. The maximum atomic E-state index is 12.9. The molecule has 0 saturated carbocycles. The predicted octanol–water partition coefficient (Wildman–Crippen LogP) is 1.99. The number of anilines is 1. The molecule has 0 saturated heterocycles. The van der Waals surface area contributed by atoms with Crippen LogP contribution in [0.5, 0.6) is 0 Å². The Hall–Kier alpha value is -3.06. The van der Waals surface area contributed by atoms with Crippen molar-refractivity contribution in [2.24, 2.45) is 0 Å². The Balaban J connectivity index is 1.85. The van der Waals surface area contributed by atoms with Gasteiger partial charge in [-0.05, 0) is 42.0 Å². The van der Waals surface area contributed by atoms with Gasteiger partial charge in [0.05, 0.1) is 6.42 Å². The number of nitrogens with zero attached hydrogens (tertiary/aromatic N) is 1. The lowest BCUT2D eigenvalue weighted by Crippen LogP contribution is -2.39. The van der Waals surface area contributed by atoms with Crippen molar-refractivity contribution in [3.05, 3.63) is 65.0 Å². The first kappa shape index (κ1) is 14.9. The van der Waals surface area contributed by atoms with Crippen molar-refractivity contribution < 1.29 is 24.0 Å². The number of hydroxylamine groups is 2. The topological polar surface area (TPSA) is 86.7 Å². The smallest absolute Gasteiger partial charge is 0.284 e. The minimum absolute atomic E-state index is 0.0634. The number of hydrogen-bond donors (Lipinski definition) is 2. The highest BCUT2D eigenvalue weighted by Gasteiger charge is 2.30. The standard InChI is InChI=1S/C16H11FN2O4/c17-11-4-1-9(2-5-11)15(21)18-12-6-3-10-7-14(20)19(23)16(22)13(10)8-12/h1-6,8,23H,7H2,(H,18,21). The van der Waals surface area contributed by atoms with Crippen LogP contribution < -0.4 is 5.32 Å². The average molecular weight is 314 g/mol. The van der Waals surface area contributed by atoms with E-state index in [0.717, 1.165) is 0 Å². The molecule has 0 aliphatic carbocycles. The van der Waals surface area contributed by atoms with Gasteiger partial charge in [0.15, 0.2) is 0 Å². The van der Waals surface area contributed by atoms with Crippen molar-refractivity contribution in [1.82, 2.24) is 5.06 Å². The van der Waals surface area contributed by atoms with Crippen LogP contribution in [0.2, 0.25) is 0 Å². The van der Waals surface area contributed by atoms with Gasteiger partial charge in [-0.25, -0.2) is 4.39 Å². The molecular weight excluding hydrogens is 303 g/mol. The van der Waals surface area contributed by atoms with Crippen LogP contribution >= 0.6 is 0 Å². The molecule has 3 amide bonds. The molecule has 23 heavy (non-hydrogen) atoms. The first-order valence-corrected chi connectivity index (χ1v) is 6.72. The maximum absolute atomic E-state index is 12.9. The van der Waals surface area contributed by atoms with Crippen molar-refractivity contribution in [2.45, 2.75) is 6.42 Å². The molecule has 116 valence electrons. The molecule has 1 aliphatic heterocycles. The van der Waals surface area contributed by atoms with Gasteiger partial charge < -0.3 is 5.32 Å². The predicted molar refractivity (Wildman–Crippen MR) is 77.5 cm³/mol. The molecule has 0 radical (unpaired) electrons. The summed E-state index contributed by atoms with van der Waals surface area (Å²) in [6.45, 7) is 0. The molecule has 0 bridgehead atoms. The third-order valence-electron chi connectivity index (χ3n) is 3.47. The van der Waals surface area contributed by atoms with Crippen LogP contribution in [0.15, 0.2) is 42.5 Å². The number of amides is 3. The highest BCUT2D eigenvalue weighted by molar-refractivity contribution is 6.10. The third-order valence-corrected chi connectivity index (χ3v) is 3.47. The zero-order chi connectivity index (χ0) is 16.6.